The third-order valence-electron chi connectivity index (χ3n) is 12.7. The second kappa shape index (κ2) is 30.8. The van der Waals surface area contributed by atoms with Crippen LogP contribution < -0.4 is 44.2 Å². The Morgan fingerprint density at radius 1 is 0.600 bits per heavy atom. The number of hydrogen-bond donors (Lipinski definition) is 3. The average Bonchev–Trinajstić information content (AvgIpc) is 1.44. The molecule has 4 aromatic carbocycles. The number of nitrogens with one attached hydrogen (secondary N) is 2. The normalized spacial score (nSPS) is 13.2. The molecule has 479 valence electrons. The molecule has 0 amide bonds. The van der Waals surface area contributed by atoms with Crippen LogP contribution in [0, 0.1) is 11.6 Å². The van der Waals surface area contributed by atoms with E-state index in [1.54, 1.807) is 12.1 Å². The van der Waals surface area contributed by atoms with E-state index in [0.717, 1.165) is 6.07 Å². The topological polar surface area (TPSA) is 261 Å². The van der Waals surface area contributed by atoms with Crippen LogP contribution in [0.2, 0.25) is 0 Å². The van der Waals surface area contributed by atoms with Crippen molar-refractivity contribution in [1.29, 1.82) is 0 Å². The van der Waals surface area contributed by atoms with Crippen molar-refractivity contribution in [2.45, 2.75) is 38.3 Å². The highest BCUT2D eigenvalue weighted by Gasteiger charge is 2.33. The first-order valence-electron chi connectivity index (χ1n) is 25.5. The largest absolute Gasteiger partial charge is 0.569 e. The van der Waals surface area contributed by atoms with Crippen LogP contribution in [0.4, 0.5) is 46.8 Å². The third kappa shape index (κ3) is 18.4. The lowest BCUT2D eigenvalue weighted by molar-refractivity contribution is -0.154. The number of ether oxygens (including phenoxy) is 4. The molecular formula is C54H53BBrF8N10O12P2S2. The maximum absolute atomic E-state index is 15.5. The zero-order valence-electron chi connectivity index (χ0n) is 47.1. The maximum atomic E-state index is 15.5. The quantitative estimate of drug-likeness (QED) is 0.0443. The van der Waals surface area contributed by atoms with Gasteiger partial charge in [0.15, 0.2) is 24.8 Å². The number of halogens is 9. The molecule has 90 heavy (non-hydrogen) atoms. The van der Waals surface area contributed by atoms with Crippen molar-refractivity contribution in [2.24, 2.45) is 0 Å². The molecule has 22 nitrogen and oxygen atoms in total. The van der Waals surface area contributed by atoms with Crippen LogP contribution >= 0.6 is 35.7 Å². The number of hydrogen-bond acceptors (Lipinski definition) is 16. The first-order chi connectivity index (χ1) is 41.8. The molecule has 2 atom stereocenters. The summed E-state index contributed by atoms with van der Waals surface area (Å²) in [5.74, 6) is -0.631. The van der Waals surface area contributed by atoms with Gasteiger partial charge in [0.1, 0.15) is 40.4 Å². The Bertz CT molecular complexity index is 4160. The van der Waals surface area contributed by atoms with Gasteiger partial charge in [-0.3, -0.25) is 28.2 Å². The minimum absolute atomic E-state index is 0. The van der Waals surface area contributed by atoms with Gasteiger partial charge in [-0.15, -0.1) is 10.2 Å². The number of aromatic nitrogens is 6. The number of methoxy groups -OCH3 is 2. The molecule has 2 aliphatic heterocycles. The molecule has 0 bridgehead atoms. The second-order valence-corrected chi connectivity index (χ2v) is 22.7. The Morgan fingerprint density at radius 3 is 1.51 bits per heavy atom. The van der Waals surface area contributed by atoms with Gasteiger partial charge in [0, 0.05) is 98.7 Å². The Hall–Kier alpha value is -7.84. The van der Waals surface area contributed by atoms with E-state index in [4.69, 9.17) is 19.2 Å². The molecule has 3 N–H and O–H groups in total. The predicted molar refractivity (Wildman–Crippen MR) is 328 cm³/mol. The first-order valence-corrected chi connectivity index (χ1v) is 29.2. The predicted octanol–water partition coefficient (Wildman–Crippen LogP) is 8.00. The average molecular weight is 1400 g/mol. The fourth-order valence-electron chi connectivity index (χ4n) is 8.85. The maximum Gasteiger partial charge on any atom is 0.569 e. The second-order valence-electron chi connectivity index (χ2n) is 18.5. The van der Waals surface area contributed by atoms with Gasteiger partial charge in [-0.25, -0.2) is 8.78 Å². The molecule has 0 aliphatic carbocycles. The molecule has 0 fully saturated rings. The molecule has 2 unspecified atom stereocenters. The fraction of sp³-hybridized carbons (Fsp3) is 0.222. The SMILES string of the molecule is COc1cc(-c2cccc(OCC(F)(F)F)c2)c(F)cc1-n1c2c(ccc1=O)CN(S(=O)(=O)Nc1cccnn1)CC2.COc1cc(Br)c(F)cc1-n1c2c(ccc1=O)CN(S(=O)(=O)Nc1cccnn1)CC2.O[B]Oc1cccc(OCC(F)(F)F)c1.P.P. The summed E-state index contributed by atoms with van der Waals surface area (Å²) in [6, 6.07) is 27.8. The van der Waals surface area contributed by atoms with Crippen LogP contribution in [0.25, 0.3) is 22.5 Å². The first kappa shape index (κ1) is 71.2. The third-order valence-corrected chi connectivity index (χ3v) is 16.2. The summed E-state index contributed by atoms with van der Waals surface area (Å²) in [6.45, 7) is -2.77. The smallest absolute Gasteiger partial charge is 0.537 e. The number of alkyl halides is 6. The highest BCUT2D eigenvalue weighted by molar-refractivity contribution is 9.10. The van der Waals surface area contributed by atoms with Crippen molar-refractivity contribution in [3.8, 4) is 51.2 Å². The molecule has 2 aliphatic rings. The molecule has 1 radical (unpaired) electrons. The van der Waals surface area contributed by atoms with Crippen LogP contribution in [-0.4, -0.2) is 121 Å². The lowest BCUT2D eigenvalue weighted by Crippen LogP contribution is -2.41. The number of fused-ring (bicyclic) bond motifs is 2. The molecule has 4 aromatic heterocycles. The van der Waals surface area contributed by atoms with Crippen molar-refractivity contribution in [3.05, 3.63) is 193 Å². The fourth-order valence-corrected chi connectivity index (χ4v) is 11.5. The molecule has 0 saturated carbocycles. The van der Waals surface area contributed by atoms with Gasteiger partial charge in [0.25, 0.3) is 11.1 Å². The Labute approximate surface area is 524 Å². The highest BCUT2D eigenvalue weighted by Crippen LogP contribution is 2.36. The number of pyridine rings is 2. The van der Waals surface area contributed by atoms with Crippen LogP contribution in [0.5, 0.6) is 28.7 Å². The van der Waals surface area contributed by atoms with E-state index in [1.165, 1.54) is 147 Å². The molecule has 0 saturated heterocycles. The van der Waals surface area contributed by atoms with Gasteiger partial charge < -0.3 is 28.6 Å². The lowest BCUT2D eigenvalue weighted by atomic mass is 10.0. The Balaban J connectivity index is 0.000000235. The monoisotopic (exact) mass is 1400 g/mol. The number of rotatable bonds is 17. The van der Waals surface area contributed by atoms with Crippen molar-refractivity contribution in [1.82, 2.24) is 38.1 Å². The van der Waals surface area contributed by atoms with Crippen LogP contribution in [0.3, 0.4) is 0 Å². The van der Waals surface area contributed by atoms with Crippen molar-refractivity contribution in [2.75, 3.05) is 50.0 Å². The summed E-state index contributed by atoms with van der Waals surface area (Å²) in [4.78, 5) is 25.7. The van der Waals surface area contributed by atoms with E-state index in [0.29, 0.717) is 35.9 Å². The summed E-state index contributed by atoms with van der Waals surface area (Å²) in [6.07, 6.45) is -5.70. The molecule has 10 rings (SSSR count). The molecule has 6 heterocycles. The highest BCUT2D eigenvalue weighted by atomic mass is 79.9. The van der Waals surface area contributed by atoms with Gasteiger partial charge >= 0.3 is 40.5 Å². The van der Waals surface area contributed by atoms with E-state index in [9.17, 15) is 57.2 Å². The Kier molecular flexibility index (Phi) is 24.4. The van der Waals surface area contributed by atoms with Crippen molar-refractivity contribution in [3.63, 3.8) is 0 Å². The lowest BCUT2D eigenvalue weighted by Gasteiger charge is -2.30. The van der Waals surface area contributed by atoms with Gasteiger partial charge in [-0.1, -0.05) is 30.3 Å². The minimum atomic E-state index is -4.54. The van der Waals surface area contributed by atoms with Gasteiger partial charge in [-0.05, 0) is 93.3 Å². The van der Waals surface area contributed by atoms with Crippen LogP contribution in [-0.2, 0) is 46.3 Å². The van der Waals surface area contributed by atoms with Gasteiger partial charge in [-0.2, -0.15) is 81.8 Å². The van der Waals surface area contributed by atoms with E-state index in [1.807, 2.05) is 0 Å². The van der Waals surface area contributed by atoms with Crippen molar-refractivity contribution >= 4 is 75.5 Å². The van der Waals surface area contributed by atoms with E-state index in [-0.39, 0.29) is 126 Å². The standard InChI is InChI=1S/C27H23F4N5O5S.C19H17BrFN5O4S.C8H7BF3O3.2H3P/c1-40-24-13-20(17-4-2-5-19(12-17)41-16-27(29,30)31)21(28)14-23(24)36-22-9-11-35(15-18(22)7-8-26(36)37)42(38,39)34-25-6-3-10-32-33-25;1-30-17-9-13(20)14(21)10-16(17)26-15-6-8-25(11-12(15)4-5-19(26)27)31(28,29)24-18-3-2-7-22-23-18;10-8(11,12)5-14-6-2-1-3-7(4-6)15-9-13;;/h2-8,10,12-14H,9,11,15-16H2,1H3,(H,33,34);2-5,7,9-10H,6,8,11H2,1H3,(H,23,24);1-4,13H,5H2;2*1H3. The number of nitrogens with zero attached hydrogens (tertiary/aromatic N) is 8. The van der Waals surface area contributed by atoms with Crippen LogP contribution in [0.15, 0.2) is 148 Å². The van der Waals surface area contributed by atoms with E-state index in [2.05, 4.69) is 55.2 Å². The van der Waals surface area contributed by atoms with Crippen LogP contribution in [0.1, 0.15) is 22.5 Å². The van der Waals surface area contributed by atoms with E-state index >= 15 is 4.39 Å². The zero-order chi connectivity index (χ0) is 63.6. The van der Waals surface area contributed by atoms with Crippen molar-refractivity contribution < 1.29 is 80.6 Å². The number of anilines is 2. The zero-order valence-corrected chi connectivity index (χ0v) is 53.1. The Morgan fingerprint density at radius 2 is 1.06 bits per heavy atom. The summed E-state index contributed by atoms with van der Waals surface area (Å²) >= 11 is 3.11. The molecule has 36 heteroatoms. The molecule has 0 spiro atoms. The molecular weight excluding hydrogens is 1350 g/mol. The van der Waals surface area contributed by atoms with E-state index < -0.39 is 63.2 Å². The van der Waals surface area contributed by atoms with Gasteiger partial charge in [0.2, 0.25) is 0 Å². The summed E-state index contributed by atoms with van der Waals surface area (Å²) in [5.41, 5.74) is 1.93. The number of benzene rings is 4. The summed E-state index contributed by atoms with van der Waals surface area (Å²) in [5, 5.41) is 23.1. The molecule has 8 aromatic rings. The summed E-state index contributed by atoms with van der Waals surface area (Å²) < 4.78 is 189. The van der Waals surface area contributed by atoms with Gasteiger partial charge in [0.05, 0.1) is 30.1 Å². The summed E-state index contributed by atoms with van der Waals surface area (Å²) in [7, 11) is -4.70. The minimum Gasteiger partial charge on any atom is -0.537 e.